The van der Waals surface area contributed by atoms with Crippen LogP contribution in [0.3, 0.4) is 0 Å². The van der Waals surface area contributed by atoms with Crippen LogP contribution in [0.1, 0.15) is 24.8 Å². The topological polar surface area (TPSA) is 93.9 Å². The van der Waals surface area contributed by atoms with Crippen molar-refractivity contribution in [2.75, 3.05) is 36.5 Å². The Kier molecular flexibility index (Phi) is 6.30. The molecule has 0 unspecified atom stereocenters. The number of alkyl halides is 3. The van der Waals surface area contributed by atoms with E-state index in [0.29, 0.717) is 62.4 Å². The fourth-order valence-corrected chi connectivity index (χ4v) is 3.98. The number of amides is 1. The number of nitrogens with zero attached hydrogens (tertiary/aromatic N) is 2. The van der Waals surface area contributed by atoms with Crippen LogP contribution in [0, 0.1) is 16.0 Å². The Morgan fingerprint density at radius 1 is 1.06 bits per heavy atom. The summed E-state index contributed by atoms with van der Waals surface area (Å²) in [6, 6.07) is 7.69. The van der Waals surface area contributed by atoms with Crippen LogP contribution in [0.2, 0.25) is 0 Å². The minimum Gasteiger partial charge on any atom is -0.490 e. The number of hydrogen-bond donors (Lipinski definition) is 1. The zero-order valence-electron chi connectivity index (χ0n) is 17.6. The number of nitro benzene ring substituents is 1. The predicted octanol–water partition coefficient (Wildman–Crippen LogP) is 4.63. The number of piperidine rings is 1. The van der Waals surface area contributed by atoms with Crippen molar-refractivity contribution >= 4 is 23.0 Å². The normalized spacial score (nSPS) is 16.8. The third-order valence-electron chi connectivity index (χ3n) is 5.72. The maximum Gasteiger partial charge on any atom is 0.416 e. The minimum atomic E-state index is -4.67. The van der Waals surface area contributed by atoms with E-state index in [1.807, 2.05) is 0 Å². The molecule has 1 fully saturated rings. The number of nitro groups is 1. The molecule has 2 aliphatic heterocycles. The molecule has 2 aromatic carbocycles. The fourth-order valence-electron chi connectivity index (χ4n) is 3.98. The lowest BCUT2D eigenvalue weighted by atomic mass is 9.95. The van der Waals surface area contributed by atoms with E-state index in [-0.39, 0.29) is 17.5 Å². The molecular formula is C22H22F3N3O5. The number of halogens is 3. The minimum absolute atomic E-state index is 0.120. The Morgan fingerprint density at radius 3 is 2.42 bits per heavy atom. The number of nitrogens with one attached hydrogen (secondary N) is 1. The van der Waals surface area contributed by atoms with Gasteiger partial charge >= 0.3 is 6.18 Å². The summed E-state index contributed by atoms with van der Waals surface area (Å²) < 4.78 is 50.0. The number of rotatable bonds is 4. The molecule has 2 aliphatic rings. The molecule has 0 bridgehead atoms. The van der Waals surface area contributed by atoms with Crippen molar-refractivity contribution in [2.45, 2.75) is 25.4 Å². The highest BCUT2D eigenvalue weighted by atomic mass is 19.4. The molecule has 33 heavy (non-hydrogen) atoms. The molecule has 0 saturated carbocycles. The molecule has 0 spiro atoms. The van der Waals surface area contributed by atoms with Crippen molar-refractivity contribution in [2.24, 2.45) is 5.92 Å². The van der Waals surface area contributed by atoms with Crippen molar-refractivity contribution in [3.05, 3.63) is 52.1 Å². The lowest BCUT2D eigenvalue weighted by molar-refractivity contribution is -0.384. The van der Waals surface area contributed by atoms with Crippen LogP contribution in [-0.4, -0.2) is 37.1 Å². The first kappa shape index (κ1) is 22.7. The number of ether oxygens (including phenoxy) is 2. The van der Waals surface area contributed by atoms with Gasteiger partial charge in [-0.2, -0.15) is 13.2 Å². The van der Waals surface area contributed by atoms with E-state index < -0.39 is 22.4 Å². The smallest absolute Gasteiger partial charge is 0.416 e. The highest BCUT2D eigenvalue weighted by Gasteiger charge is 2.35. The average Bonchev–Trinajstić information content (AvgIpc) is 3.03. The van der Waals surface area contributed by atoms with Crippen molar-refractivity contribution < 1.29 is 32.4 Å². The van der Waals surface area contributed by atoms with Gasteiger partial charge in [0.1, 0.15) is 5.69 Å². The maximum absolute atomic E-state index is 12.9. The quantitative estimate of drug-likeness (QED) is 0.523. The van der Waals surface area contributed by atoms with Crippen LogP contribution in [0.5, 0.6) is 11.5 Å². The average molecular weight is 465 g/mol. The number of benzene rings is 2. The van der Waals surface area contributed by atoms with E-state index in [2.05, 4.69) is 5.32 Å². The molecule has 2 aromatic rings. The van der Waals surface area contributed by atoms with Crippen molar-refractivity contribution in [1.29, 1.82) is 0 Å². The zero-order valence-corrected chi connectivity index (χ0v) is 17.6. The third kappa shape index (κ3) is 5.12. The molecule has 0 aliphatic carbocycles. The Morgan fingerprint density at radius 2 is 1.76 bits per heavy atom. The SMILES string of the molecule is O=C(Nc1ccc2c(c1)OCCCO2)C1CCN(c2ccc(C(F)(F)F)cc2[N+](=O)[O-])CC1. The van der Waals surface area contributed by atoms with Crippen LogP contribution < -0.4 is 19.7 Å². The highest BCUT2D eigenvalue weighted by Crippen LogP contribution is 2.38. The summed E-state index contributed by atoms with van der Waals surface area (Å²) in [7, 11) is 0. The second-order valence-electron chi connectivity index (χ2n) is 7.92. The maximum atomic E-state index is 12.9. The van der Waals surface area contributed by atoms with E-state index in [9.17, 15) is 28.1 Å². The first-order valence-corrected chi connectivity index (χ1v) is 10.5. The van der Waals surface area contributed by atoms with Crippen molar-refractivity contribution in [3.8, 4) is 11.5 Å². The van der Waals surface area contributed by atoms with Gasteiger partial charge in [0.25, 0.3) is 5.69 Å². The summed E-state index contributed by atoms with van der Waals surface area (Å²) in [6.45, 7) is 1.71. The summed E-state index contributed by atoms with van der Waals surface area (Å²) in [5.41, 5.74) is -0.970. The molecule has 0 atom stereocenters. The zero-order chi connectivity index (χ0) is 23.6. The lowest BCUT2D eigenvalue weighted by Gasteiger charge is -2.32. The number of anilines is 2. The first-order valence-electron chi connectivity index (χ1n) is 10.5. The summed E-state index contributed by atoms with van der Waals surface area (Å²) in [5.74, 6) is 0.670. The molecule has 0 aromatic heterocycles. The molecular weight excluding hydrogens is 443 g/mol. The van der Waals surface area contributed by atoms with Gasteiger partial charge in [0.15, 0.2) is 11.5 Å². The van der Waals surface area contributed by atoms with E-state index in [4.69, 9.17) is 9.47 Å². The van der Waals surface area contributed by atoms with Gasteiger partial charge in [0.05, 0.1) is 23.7 Å². The number of carbonyl (C=O) groups excluding carboxylic acids is 1. The van der Waals surface area contributed by atoms with Gasteiger partial charge in [-0.1, -0.05) is 0 Å². The summed E-state index contributed by atoms with van der Waals surface area (Å²) >= 11 is 0. The molecule has 0 radical (unpaired) electrons. The van der Waals surface area contributed by atoms with Gasteiger partial charge < -0.3 is 19.7 Å². The van der Waals surface area contributed by atoms with Gasteiger partial charge in [-0.3, -0.25) is 14.9 Å². The second-order valence-corrected chi connectivity index (χ2v) is 7.92. The standard InChI is InChI=1S/C22H22F3N3O5/c23-22(24,25)15-2-4-17(18(12-15)28(30)31)27-8-6-14(7-9-27)21(29)26-16-3-5-19-20(13-16)33-11-1-10-32-19/h2-5,12-14H,1,6-11H2,(H,26,29). The molecule has 1 amide bonds. The van der Waals surface area contributed by atoms with Crippen LogP contribution in [0.4, 0.5) is 30.2 Å². The van der Waals surface area contributed by atoms with Gasteiger partial charge in [-0.25, -0.2) is 0 Å². The van der Waals surface area contributed by atoms with E-state index in [1.165, 1.54) is 0 Å². The Labute approximate surface area is 187 Å². The van der Waals surface area contributed by atoms with Crippen LogP contribution >= 0.6 is 0 Å². The van der Waals surface area contributed by atoms with Gasteiger partial charge in [0.2, 0.25) is 5.91 Å². The monoisotopic (exact) mass is 465 g/mol. The van der Waals surface area contributed by atoms with Gasteiger partial charge in [-0.15, -0.1) is 0 Å². The van der Waals surface area contributed by atoms with Crippen LogP contribution in [0.15, 0.2) is 36.4 Å². The molecule has 11 heteroatoms. The summed E-state index contributed by atoms with van der Waals surface area (Å²) in [5, 5.41) is 14.2. The number of carbonyl (C=O) groups is 1. The molecule has 2 heterocycles. The largest absolute Gasteiger partial charge is 0.490 e. The summed E-state index contributed by atoms with van der Waals surface area (Å²) in [4.78, 5) is 24.9. The lowest BCUT2D eigenvalue weighted by Crippen LogP contribution is -2.38. The van der Waals surface area contributed by atoms with Crippen LogP contribution in [-0.2, 0) is 11.0 Å². The molecule has 1 N–H and O–H groups in total. The Hall–Kier alpha value is -3.50. The van der Waals surface area contributed by atoms with E-state index in [1.54, 1.807) is 23.1 Å². The number of hydrogen-bond acceptors (Lipinski definition) is 6. The Bertz CT molecular complexity index is 1050. The molecule has 176 valence electrons. The first-order chi connectivity index (χ1) is 15.7. The van der Waals surface area contributed by atoms with E-state index in [0.717, 1.165) is 18.6 Å². The van der Waals surface area contributed by atoms with Crippen molar-refractivity contribution in [1.82, 2.24) is 0 Å². The predicted molar refractivity (Wildman–Crippen MR) is 114 cm³/mol. The highest BCUT2D eigenvalue weighted by molar-refractivity contribution is 5.93. The second kappa shape index (κ2) is 9.16. The molecule has 4 rings (SSSR count). The molecule has 8 nitrogen and oxygen atoms in total. The third-order valence-corrected chi connectivity index (χ3v) is 5.72. The molecule has 1 saturated heterocycles. The van der Waals surface area contributed by atoms with Crippen molar-refractivity contribution in [3.63, 3.8) is 0 Å². The van der Waals surface area contributed by atoms with E-state index >= 15 is 0 Å². The number of fused-ring (bicyclic) bond motifs is 1. The van der Waals surface area contributed by atoms with Crippen LogP contribution in [0.25, 0.3) is 0 Å². The summed E-state index contributed by atoms with van der Waals surface area (Å²) in [6.07, 6.45) is -3.07. The fraction of sp³-hybridized carbons (Fsp3) is 0.409. The van der Waals surface area contributed by atoms with Gasteiger partial charge in [-0.05, 0) is 37.1 Å². The van der Waals surface area contributed by atoms with Gasteiger partial charge in [0, 0.05) is 43.2 Å². The Balaban J connectivity index is 1.40.